The maximum absolute atomic E-state index is 15.1. The molecule has 0 amide bonds. The van der Waals surface area contributed by atoms with Crippen molar-refractivity contribution in [3.05, 3.63) is 89.8 Å². The van der Waals surface area contributed by atoms with Gasteiger partial charge in [-0.15, -0.1) is 6.58 Å². The summed E-state index contributed by atoms with van der Waals surface area (Å²) in [6.07, 6.45) is 6.39. The van der Waals surface area contributed by atoms with E-state index in [4.69, 9.17) is 0 Å². The van der Waals surface area contributed by atoms with Crippen LogP contribution in [0.25, 0.3) is 28.0 Å². The topological polar surface area (TPSA) is 0 Å². The zero-order chi connectivity index (χ0) is 23.5. The van der Waals surface area contributed by atoms with Gasteiger partial charge in [0.15, 0.2) is 0 Å². The van der Waals surface area contributed by atoms with E-state index in [1.54, 1.807) is 0 Å². The van der Waals surface area contributed by atoms with Gasteiger partial charge in [0, 0.05) is 17.0 Å². The molecule has 0 saturated heterocycles. The largest absolute Gasteiger partial charge is 0.271 e. The Morgan fingerprint density at radius 2 is 1.61 bits per heavy atom. The van der Waals surface area contributed by atoms with Gasteiger partial charge >= 0.3 is 0 Å². The van der Waals surface area contributed by atoms with E-state index in [-0.39, 0.29) is 28.0 Å². The zero-order valence-corrected chi connectivity index (χ0v) is 18.2. The Hall–Kier alpha value is -2.95. The summed E-state index contributed by atoms with van der Waals surface area (Å²) in [5.41, 5.74) is 0.541. The van der Waals surface area contributed by atoms with Gasteiger partial charge in [-0.2, -0.15) is 8.78 Å². The minimum Gasteiger partial charge on any atom is -0.206 e. The molecule has 0 nitrogen and oxygen atoms in total. The smallest absolute Gasteiger partial charge is 0.206 e. The lowest BCUT2D eigenvalue weighted by Gasteiger charge is -2.29. The van der Waals surface area contributed by atoms with Gasteiger partial charge < -0.3 is 0 Å². The Kier molecular flexibility index (Phi) is 6.96. The minimum atomic E-state index is -2.00. The van der Waals surface area contributed by atoms with E-state index in [2.05, 4.69) is 6.58 Å². The minimum absolute atomic E-state index is 0.111. The Bertz CT molecular complexity index is 1180. The molecule has 0 heterocycles. The van der Waals surface area contributed by atoms with E-state index >= 15 is 8.78 Å². The predicted octanol–water partition coefficient (Wildman–Crippen LogP) is 9.40. The van der Waals surface area contributed by atoms with E-state index in [9.17, 15) is 13.2 Å². The second-order valence-electron chi connectivity index (χ2n) is 8.78. The predicted molar refractivity (Wildman–Crippen MR) is 124 cm³/mol. The molecule has 0 atom stereocenters. The van der Waals surface area contributed by atoms with E-state index < -0.39 is 23.5 Å². The number of hydrogen-bond acceptors (Lipinski definition) is 0. The first kappa shape index (κ1) is 23.2. The normalized spacial score (nSPS) is 18.3. The number of allylic oxidation sites excluding steroid dienone is 1. The van der Waals surface area contributed by atoms with Crippen LogP contribution >= 0.6 is 0 Å². The van der Waals surface area contributed by atoms with Crippen LogP contribution < -0.4 is 0 Å². The van der Waals surface area contributed by atoms with Crippen molar-refractivity contribution in [3.8, 4) is 11.1 Å². The maximum Gasteiger partial charge on any atom is 0.271 e. The first-order chi connectivity index (χ1) is 15.9. The zero-order valence-electron chi connectivity index (χ0n) is 18.2. The number of rotatable bonds is 6. The molecule has 5 heteroatoms. The Balaban J connectivity index is 1.61. The summed E-state index contributed by atoms with van der Waals surface area (Å²) in [5, 5.41) is 0.488. The molecule has 1 aliphatic rings. The molecule has 0 N–H and O–H groups in total. The Labute approximate surface area is 190 Å². The second kappa shape index (κ2) is 9.90. The molecule has 1 aliphatic carbocycles. The van der Waals surface area contributed by atoms with Crippen LogP contribution in [-0.4, -0.2) is 0 Å². The van der Waals surface area contributed by atoms with Crippen molar-refractivity contribution >= 4 is 16.8 Å². The molecule has 0 bridgehead atoms. The highest BCUT2D eigenvalue weighted by molar-refractivity contribution is 5.89. The number of halogens is 5. The van der Waals surface area contributed by atoms with Crippen LogP contribution in [0.2, 0.25) is 0 Å². The van der Waals surface area contributed by atoms with E-state index in [1.807, 2.05) is 6.08 Å². The Morgan fingerprint density at radius 3 is 2.24 bits per heavy atom. The van der Waals surface area contributed by atoms with Gasteiger partial charge in [0.25, 0.3) is 6.08 Å². The highest BCUT2D eigenvalue weighted by Gasteiger charge is 2.24. The monoisotopic (exact) mass is 456 g/mol. The molecule has 0 aliphatic heterocycles. The molecule has 1 fully saturated rings. The first-order valence-electron chi connectivity index (χ1n) is 11.2. The number of fused-ring (bicyclic) bond motifs is 1. The van der Waals surface area contributed by atoms with Crippen molar-refractivity contribution in [2.75, 3.05) is 0 Å². The molecule has 3 aromatic carbocycles. The van der Waals surface area contributed by atoms with Crippen LogP contribution in [0, 0.1) is 23.4 Å². The molecule has 3 aromatic rings. The lowest BCUT2D eigenvalue weighted by atomic mass is 9.77. The number of hydrogen-bond donors (Lipinski definition) is 0. The summed E-state index contributed by atoms with van der Waals surface area (Å²) in [6, 6.07) is 9.77. The van der Waals surface area contributed by atoms with E-state index in [1.165, 1.54) is 42.5 Å². The van der Waals surface area contributed by atoms with Crippen molar-refractivity contribution in [2.24, 2.45) is 5.92 Å². The van der Waals surface area contributed by atoms with E-state index in [0.717, 1.165) is 38.5 Å². The standard InChI is InChI=1S/C28H25F5/c1-2-3-4-17-5-7-18(8-6-17)22-14-24(29)27(25(30)15-22)20-11-12-23-19(13-20)9-10-21(28(23)33)16-26(31)32/h2,9-18H,1,3-8H2. The van der Waals surface area contributed by atoms with Gasteiger partial charge in [-0.05, 0) is 85.1 Å². The van der Waals surface area contributed by atoms with Gasteiger partial charge in [-0.3, -0.25) is 0 Å². The summed E-state index contributed by atoms with van der Waals surface area (Å²) < 4.78 is 69.7. The SMILES string of the molecule is C=CCCC1CCC(c2cc(F)c(-c3ccc4c(F)c(C=C(F)F)ccc4c3)c(F)c2)CC1. The molecule has 0 spiro atoms. The Morgan fingerprint density at radius 1 is 0.909 bits per heavy atom. The van der Waals surface area contributed by atoms with Gasteiger partial charge in [0.05, 0.1) is 5.56 Å². The molecular formula is C28H25F5. The highest BCUT2D eigenvalue weighted by Crippen LogP contribution is 2.40. The lowest BCUT2D eigenvalue weighted by molar-refractivity contribution is 0.311. The third-order valence-corrected chi connectivity index (χ3v) is 6.70. The van der Waals surface area contributed by atoms with Gasteiger partial charge in [0.1, 0.15) is 17.5 Å². The first-order valence-corrected chi connectivity index (χ1v) is 11.2. The summed E-state index contributed by atoms with van der Waals surface area (Å²) in [7, 11) is 0. The average Bonchev–Trinajstić information content (AvgIpc) is 2.79. The molecule has 0 unspecified atom stereocenters. The fourth-order valence-electron chi connectivity index (χ4n) is 4.94. The van der Waals surface area contributed by atoms with Crippen molar-refractivity contribution in [2.45, 2.75) is 44.4 Å². The maximum atomic E-state index is 15.1. The highest BCUT2D eigenvalue weighted by atomic mass is 19.3. The second-order valence-corrected chi connectivity index (χ2v) is 8.78. The van der Waals surface area contributed by atoms with E-state index in [0.29, 0.717) is 22.9 Å². The quantitative estimate of drug-likeness (QED) is 0.256. The van der Waals surface area contributed by atoms with Crippen LogP contribution in [0.4, 0.5) is 22.0 Å². The molecule has 4 rings (SSSR count). The number of benzene rings is 3. The summed E-state index contributed by atoms with van der Waals surface area (Å²) in [5.74, 6) is -1.33. The fourth-order valence-corrected chi connectivity index (χ4v) is 4.94. The summed E-state index contributed by atoms with van der Waals surface area (Å²) in [6.45, 7) is 3.76. The van der Waals surface area contributed by atoms with Crippen molar-refractivity contribution in [3.63, 3.8) is 0 Å². The van der Waals surface area contributed by atoms with Crippen molar-refractivity contribution in [1.82, 2.24) is 0 Å². The van der Waals surface area contributed by atoms with Crippen molar-refractivity contribution in [1.29, 1.82) is 0 Å². The van der Waals surface area contributed by atoms with Gasteiger partial charge in [-0.25, -0.2) is 13.2 Å². The van der Waals surface area contributed by atoms with Crippen LogP contribution in [0.15, 0.2) is 61.2 Å². The van der Waals surface area contributed by atoms with Crippen LogP contribution in [0.1, 0.15) is 55.6 Å². The van der Waals surface area contributed by atoms with Crippen LogP contribution in [0.3, 0.4) is 0 Å². The molecular weight excluding hydrogens is 431 g/mol. The third kappa shape index (κ3) is 5.02. The summed E-state index contributed by atoms with van der Waals surface area (Å²) in [4.78, 5) is 0. The van der Waals surface area contributed by atoms with Gasteiger partial charge in [0.2, 0.25) is 0 Å². The third-order valence-electron chi connectivity index (χ3n) is 6.70. The van der Waals surface area contributed by atoms with Gasteiger partial charge in [-0.1, -0.05) is 30.3 Å². The summed E-state index contributed by atoms with van der Waals surface area (Å²) >= 11 is 0. The molecule has 1 saturated carbocycles. The molecule has 0 radical (unpaired) electrons. The lowest BCUT2D eigenvalue weighted by Crippen LogP contribution is -2.13. The van der Waals surface area contributed by atoms with Crippen LogP contribution in [-0.2, 0) is 0 Å². The van der Waals surface area contributed by atoms with Crippen molar-refractivity contribution < 1.29 is 22.0 Å². The molecule has 33 heavy (non-hydrogen) atoms. The average molecular weight is 456 g/mol. The molecule has 172 valence electrons. The fraction of sp³-hybridized carbons (Fsp3) is 0.286. The molecule has 0 aromatic heterocycles. The van der Waals surface area contributed by atoms with Crippen LogP contribution in [0.5, 0.6) is 0 Å².